The van der Waals surface area contributed by atoms with Gasteiger partial charge in [0.1, 0.15) is 18.1 Å². The number of aliphatic hydroxyl groups is 1. The molecule has 5 heteroatoms. The van der Waals surface area contributed by atoms with Crippen molar-refractivity contribution in [1.29, 1.82) is 0 Å². The Morgan fingerprint density at radius 3 is 2.32 bits per heavy atom. The first kappa shape index (κ1) is 17.1. The molecule has 0 amide bonds. The van der Waals surface area contributed by atoms with Crippen molar-refractivity contribution in [3.05, 3.63) is 67.8 Å². The number of aryl methyl sites for hydroxylation is 1. The zero-order valence-electron chi connectivity index (χ0n) is 12.1. The zero-order chi connectivity index (χ0) is 16.1. The number of hydrogen-bond donors (Lipinski definition) is 2. The summed E-state index contributed by atoms with van der Waals surface area (Å²) in [5.74, 6) is 0.858. The van der Waals surface area contributed by atoms with E-state index >= 15 is 0 Å². The molecule has 3 nitrogen and oxygen atoms in total. The van der Waals surface area contributed by atoms with Crippen molar-refractivity contribution in [2.24, 2.45) is 5.73 Å². The van der Waals surface area contributed by atoms with E-state index in [1.54, 1.807) is 6.08 Å². The van der Waals surface area contributed by atoms with E-state index in [9.17, 15) is 5.11 Å². The predicted octanol–water partition coefficient (Wildman–Crippen LogP) is 4.96. The van der Waals surface area contributed by atoms with Crippen LogP contribution in [0.2, 0.25) is 0 Å². The van der Waals surface area contributed by atoms with Gasteiger partial charge in [-0.25, -0.2) is 0 Å². The van der Waals surface area contributed by atoms with Gasteiger partial charge < -0.3 is 15.6 Å². The Morgan fingerprint density at radius 2 is 1.77 bits per heavy atom. The van der Waals surface area contributed by atoms with Crippen LogP contribution in [0.4, 0.5) is 0 Å². The van der Waals surface area contributed by atoms with Crippen molar-refractivity contribution in [2.45, 2.75) is 13.5 Å². The molecule has 0 atom stereocenters. The second kappa shape index (κ2) is 7.81. The fraction of sp³-hybridized carbons (Fsp3) is 0.176. The maximum atomic E-state index is 9.51. The molecule has 2 aromatic rings. The summed E-state index contributed by atoms with van der Waals surface area (Å²) in [6.45, 7) is 2.66. The number of nitrogens with two attached hydrogens (primary N) is 1. The van der Waals surface area contributed by atoms with Crippen LogP contribution >= 0.6 is 31.9 Å². The van der Waals surface area contributed by atoms with Crippen LogP contribution in [0.1, 0.15) is 16.7 Å². The van der Waals surface area contributed by atoms with Gasteiger partial charge in [0.05, 0.1) is 15.5 Å². The standard InChI is InChI=1S/C17H17Br2NO2/c1-11-2-4-12(5-3-11)10-22-17-15(18)7-13(8-16(17)19)6-14(21)9-20/h2-8,21H,9-10,20H2,1H3. The van der Waals surface area contributed by atoms with Crippen LogP contribution in [0.5, 0.6) is 5.75 Å². The van der Waals surface area contributed by atoms with Crippen molar-refractivity contribution in [3.8, 4) is 5.75 Å². The summed E-state index contributed by atoms with van der Waals surface area (Å²) >= 11 is 7.00. The van der Waals surface area contributed by atoms with Gasteiger partial charge in [0.15, 0.2) is 0 Å². The van der Waals surface area contributed by atoms with Gasteiger partial charge in [0, 0.05) is 0 Å². The second-order valence-electron chi connectivity index (χ2n) is 4.93. The first-order chi connectivity index (χ1) is 10.5. The molecule has 0 saturated carbocycles. The highest BCUT2D eigenvalue weighted by molar-refractivity contribution is 9.11. The van der Waals surface area contributed by atoms with Crippen LogP contribution in [0.15, 0.2) is 51.1 Å². The van der Waals surface area contributed by atoms with Crippen LogP contribution in [-0.2, 0) is 6.61 Å². The van der Waals surface area contributed by atoms with E-state index < -0.39 is 0 Å². The lowest BCUT2D eigenvalue weighted by atomic mass is 10.1. The lowest BCUT2D eigenvalue weighted by molar-refractivity contribution is 0.302. The van der Waals surface area contributed by atoms with E-state index in [2.05, 4.69) is 50.9 Å². The second-order valence-corrected chi connectivity index (χ2v) is 6.64. The van der Waals surface area contributed by atoms with Gasteiger partial charge in [-0.2, -0.15) is 0 Å². The molecule has 0 unspecified atom stereocenters. The number of halogens is 2. The maximum Gasteiger partial charge on any atom is 0.148 e. The summed E-state index contributed by atoms with van der Waals surface area (Å²) in [6, 6.07) is 12.0. The Bertz CT molecular complexity index is 659. The Morgan fingerprint density at radius 1 is 1.18 bits per heavy atom. The minimum atomic E-state index is 0.112. The largest absolute Gasteiger partial charge is 0.511 e. The van der Waals surface area contributed by atoms with Crippen molar-refractivity contribution in [3.63, 3.8) is 0 Å². The topological polar surface area (TPSA) is 55.5 Å². The maximum absolute atomic E-state index is 9.51. The van der Waals surface area contributed by atoms with Crippen molar-refractivity contribution >= 4 is 37.9 Å². The highest BCUT2D eigenvalue weighted by atomic mass is 79.9. The van der Waals surface area contributed by atoms with E-state index in [0.717, 1.165) is 25.8 Å². The molecule has 2 aromatic carbocycles. The van der Waals surface area contributed by atoms with E-state index in [4.69, 9.17) is 10.5 Å². The van der Waals surface area contributed by atoms with E-state index in [1.165, 1.54) is 5.56 Å². The normalized spacial score (nSPS) is 11.5. The van der Waals surface area contributed by atoms with Crippen molar-refractivity contribution < 1.29 is 9.84 Å². The van der Waals surface area contributed by atoms with Crippen molar-refractivity contribution in [1.82, 2.24) is 0 Å². The highest BCUT2D eigenvalue weighted by Gasteiger charge is 2.09. The van der Waals surface area contributed by atoms with Crippen LogP contribution in [0.3, 0.4) is 0 Å². The molecule has 0 heterocycles. The number of hydrogen-bond acceptors (Lipinski definition) is 3. The monoisotopic (exact) mass is 425 g/mol. The molecule has 116 valence electrons. The Labute approximate surface area is 147 Å². The smallest absolute Gasteiger partial charge is 0.148 e. The predicted molar refractivity (Wildman–Crippen MR) is 97.0 cm³/mol. The molecule has 0 radical (unpaired) electrons. The zero-order valence-corrected chi connectivity index (χ0v) is 15.3. The Hall–Kier alpha value is -1.30. The first-order valence-corrected chi connectivity index (χ1v) is 8.35. The lowest BCUT2D eigenvalue weighted by Gasteiger charge is -2.12. The molecule has 0 saturated heterocycles. The SMILES string of the molecule is Cc1ccc(COc2c(Br)cc(C=C(O)CN)cc2Br)cc1. The summed E-state index contributed by atoms with van der Waals surface area (Å²) in [4.78, 5) is 0. The average molecular weight is 427 g/mol. The van der Waals surface area contributed by atoms with Crippen LogP contribution in [0, 0.1) is 6.92 Å². The number of ether oxygens (including phenoxy) is 1. The molecule has 0 bridgehead atoms. The van der Waals surface area contributed by atoms with Crippen LogP contribution in [0.25, 0.3) is 6.08 Å². The van der Waals surface area contributed by atoms with Crippen LogP contribution < -0.4 is 10.5 Å². The first-order valence-electron chi connectivity index (χ1n) is 6.76. The molecule has 0 fully saturated rings. The third kappa shape index (κ3) is 4.60. The fourth-order valence-electron chi connectivity index (χ4n) is 1.89. The summed E-state index contributed by atoms with van der Waals surface area (Å²) in [7, 11) is 0. The molecule has 3 N–H and O–H groups in total. The van der Waals surface area contributed by atoms with Gasteiger partial charge in [-0.3, -0.25) is 0 Å². The van der Waals surface area contributed by atoms with Gasteiger partial charge in [0.25, 0.3) is 0 Å². The number of benzene rings is 2. The quantitative estimate of drug-likeness (QED) is 0.664. The van der Waals surface area contributed by atoms with E-state index in [-0.39, 0.29) is 12.3 Å². The third-order valence-corrected chi connectivity index (χ3v) is 4.24. The number of aliphatic hydroxyl groups excluding tert-OH is 1. The summed E-state index contributed by atoms with van der Waals surface area (Å²) in [5, 5.41) is 9.51. The molecule has 2 rings (SSSR count). The minimum Gasteiger partial charge on any atom is -0.511 e. The Balaban J connectivity index is 2.16. The van der Waals surface area contributed by atoms with Gasteiger partial charge >= 0.3 is 0 Å². The van der Waals surface area contributed by atoms with Crippen LogP contribution in [-0.4, -0.2) is 11.7 Å². The lowest BCUT2D eigenvalue weighted by Crippen LogP contribution is -2.01. The molecule has 0 aliphatic rings. The summed E-state index contributed by atoms with van der Waals surface area (Å²) in [5.41, 5.74) is 8.55. The van der Waals surface area contributed by atoms with E-state index in [1.807, 2.05) is 24.3 Å². The van der Waals surface area contributed by atoms with Gasteiger partial charge in [-0.05, 0) is 68.1 Å². The van der Waals surface area contributed by atoms with Gasteiger partial charge in [-0.1, -0.05) is 29.8 Å². The molecule has 0 spiro atoms. The average Bonchev–Trinajstić information content (AvgIpc) is 2.48. The molecule has 0 aliphatic heterocycles. The van der Waals surface area contributed by atoms with Crippen molar-refractivity contribution in [2.75, 3.05) is 6.54 Å². The number of rotatable bonds is 5. The fourth-order valence-corrected chi connectivity index (χ4v) is 3.34. The minimum absolute atomic E-state index is 0.112. The van der Waals surface area contributed by atoms with Gasteiger partial charge in [0.2, 0.25) is 0 Å². The molecule has 22 heavy (non-hydrogen) atoms. The Kier molecular flexibility index (Phi) is 6.06. The summed E-state index contributed by atoms with van der Waals surface area (Å²) < 4.78 is 7.50. The highest BCUT2D eigenvalue weighted by Crippen LogP contribution is 2.35. The van der Waals surface area contributed by atoms with E-state index in [0.29, 0.717) is 6.61 Å². The summed E-state index contributed by atoms with van der Waals surface area (Å²) in [6.07, 6.45) is 1.62. The molecule has 0 aromatic heterocycles. The molecular formula is C17H17Br2NO2. The third-order valence-electron chi connectivity index (χ3n) is 3.07. The molecule has 0 aliphatic carbocycles. The molecular weight excluding hydrogens is 410 g/mol. The van der Waals surface area contributed by atoms with Gasteiger partial charge in [-0.15, -0.1) is 0 Å².